The van der Waals surface area contributed by atoms with Crippen LogP contribution in [0.25, 0.3) is 6.08 Å². The normalized spacial score (nSPS) is 14.5. The molecule has 9 heteroatoms. The third kappa shape index (κ3) is 6.17. The molecule has 3 aromatic rings. The van der Waals surface area contributed by atoms with Crippen LogP contribution in [-0.2, 0) is 16.2 Å². The molecule has 6 nitrogen and oxygen atoms in total. The Hall–Kier alpha value is -3.43. The number of carbonyl (C=O) groups excluding carboxylic acids is 3. The zero-order valence-corrected chi connectivity index (χ0v) is 21.0. The van der Waals surface area contributed by atoms with Crippen LogP contribution in [0.1, 0.15) is 16.7 Å². The molecule has 3 amide bonds. The van der Waals surface area contributed by atoms with Gasteiger partial charge in [0, 0.05) is 0 Å². The lowest BCUT2D eigenvalue weighted by molar-refractivity contribution is -0.127. The molecule has 3 aromatic carbocycles. The molecule has 0 atom stereocenters. The largest absolute Gasteiger partial charge is 0.488 e. The highest BCUT2D eigenvalue weighted by molar-refractivity contribution is 9.10. The molecule has 35 heavy (non-hydrogen) atoms. The van der Waals surface area contributed by atoms with Crippen LogP contribution >= 0.6 is 27.7 Å². The van der Waals surface area contributed by atoms with E-state index in [-0.39, 0.29) is 10.6 Å². The maximum absolute atomic E-state index is 13.7. The molecule has 1 aliphatic heterocycles. The number of hydrogen-bond donors (Lipinski definition) is 1. The van der Waals surface area contributed by atoms with E-state index >= 15 is 0 Å². The zero-order chi connectivity index (χ0) is 24.9. The number of imide groups is 1. The lowest BCUT2D eigenvalue weighted by Gasteiger charge is -2.12. The monoisotopic (exact) mass is 554 g/mol. The molecular formula is C26H20BrFN2O4S. The van der Waals surface area contributed by atoms with Gasteiger partial charge in [-0.15, -0.1) is 0 Å². The van der Waals surface area contributed by atoms with Crippen LogP contribution in [-0.4, -0.2) is 28.5 Å². The molecule has 0 bridgehead atoms. The summed E-state index contributed by atoms with van der Waals surface area (Å²) in [7, 11) is 0. The number of amides is 3. The average molecular weight is 555 g/mol. The van der Waals surface area contributed by atoms with Gasteiger partial charge in [0.2, 0.25) is 5.91 Å². The molecule has 0 unspecified atom stereocenters. The van der Waals surface area contributed by atoms with E-state index in [9.17, 15) is 18.8 Å². The van der Waals surface area contributed by atoms with Crippen LogP contribution in [0.4, 0.5) is 14.9 Å². The van der Waals surface area contributed by atoms with Crippen LogP contribution in [0.15, 0.2) is 76.1 Å². The van der Waals surface area contributed by atoms with Crippen molar-refractivity contribution >= 4 is 56.5 Å². The Morgan fingerprint density at radius 2 is 1.91 bits per heavy atom. The third-order valence-electron chi connectivity index (χ3n) is 5.05. The molecule has 1 heterocycles. The lowest BCUT2D eigenvalue weighted by atomic mass is 10.1. The van der Waals surface area contributed by atoms with Crippen molar-refractivity contribution in [1.29, 1.82) is 0 Å². The average Bonchev–Trinajstić information content (AvgIpc) is 3.07. The number of hydrogen-bond acceptors (Lipinski definition) is 5. The van der Waals surface area contributed by atoms with Gasteiger partial charge >= 0.3 is 0 Å². The Balaban J connectivity index is 1.40. The fourth-order valence-electron chi connectivity index (χ4n) is 3.37. The Kier molecular flexibility index (Phi) is 7.67. The van der Waals surface area contributed by atoms with Crippen LogP contribution in [0.2, 0.25) is 0 Å². The Morgan fingerprint density at radius 3 is 2.66 bits per heavy atom. The predicted molar refractivity (Wildman–Crippen MR) is 137 cm³/mol. The molecule has 4 rings (SSSR count). The van der Waals surface area contributed by atoms with Gasteiger partial charge in [-0.05, 0) is 76.1 Å². The van der Waals surface area contributed by atoms with Gasteiger partial charge in [-0.3, -0.25) is 19.3 Å². The van der Waals surface area contributed by atoms with E-state index in [1.54, 1.807) is 30.3 Å². The second kappa shape index (κ2) is 10.9. The Morgan fingerprint density at radius 1 is 1.11 bits per heavy atom. The number of para-hydroxylation sites is 1. The van der Waals surface area contributed by atoms with E-state index in [4.69, 9.17) is 4.74 Å². The first-order chi connectivity index (χ1) is 16.8. The summed E-state index contributed by atoms with van der Waals surface area (Å²) in [6.45, 7) is 1.92. The van der Waals surface area contributed by atoms with Gasteiger partial charge in [-0.25, -0.2) is 4.39 Å². The van der Waals surface area contributed by atoms with Gasteiger partial charge in [0.15, 0.2) is 0 Å². The van der Waals surface area contributed by atoms with Crippen molar-refractivity contribution < 1.29 is 23.5 Å². The van der Waals surface area contributed by atoms with E-state index in [0.29, 0.717) is 22.4 Å². The van der Waals surface area contributed by atoms with E-state index in [0.717, 1.165) is 27.8 Å². The number of anilines is 1. The van der Waals surface area contributed by atoms with Crippen molar-refractivity contribution in [3.63, 3.8) is 0 Å². The molecular weight excluding hydrogens is 535 g/mol. The molecule has 1 aliphatic rings. The van der Waals surface area contributed by atoms with Crippen LogP contribution in [0.3, 0.4) is 0 Å². The Bertz CT molecular complexity index is 1340. The highest BCUT2D eigenvalue weighted by Crippen LogP contribution is 2.34. The van der Waals surface area contributed by atoms with Gasteiger partial charge in [-0.1, -0.05) is 48.0 Å². The minimum Gasteiger partial charge on any atom is -0.488 e. The van der Waals surface area contributed by atoms with Crippen LogP contribution in [0.5, 0.6) is 5.75 Å². The molecule has 0 radical (unpaired) electrons. The van der Waals surface area contributed by atoms with E-state index < -0.39 is 29.4 Å². The number of thioether (sulfide) groups is 1. The van der Waals surface area contributed by atoms with E-state index in [1.165, 1.54) is 18.2 Å². The van der Waals surface area contributed by atoms with E-state index in [1.807, 2.05) is 25.1 Å². The molecule has 0 aromatic heterocycles. The Labute approximate surface area is 214 Å². The van der Waals surface area contributed by atoms with Gasteiger partial charge in [0.1, 0.15) is 24.7 Å². The molecule has 1 saturated heterocycles. The first kappa shape index (κ1) is 24.7. The van der Waals surface area contributed by atoms with Crippen LogP contribution in [0, 0.1) is 12.7 Å². The van der Waals surface area contributed by atoms with Crippen molar-refractivity contribution in [1.82, 2.24) is 4.90 Å². The summed E-state index contributed by atoms with van der Waals surface area (Å²) in [5.41, 5.74) is 2.86. The predicted octanol–water partition coefficient (Wildman–Crippen LogP) is 6.15. The second-order valence-corrected chi connectivity index (χ2v) is 9.61. The highest BCUT2D eigenvalue weighted by atomic mass is 79.9. The van der Waals surface area contributed by atoms with Gasteiger partial charge in [0.25, 0.3) is 11.1 Å². The standard InChI is InChI=1S/C26H20BrFN2O4S/c1-16-5-4-6-18(11-16)15-34-22-10-9-17(12-19(22)27)13-23-25(32)30(26(33)35-23)14-24(31)29-21-8-3-2-7-20(21)28/h2-13H,14-15H2,1H3,(H,29,31)/b23-13-. The second-order valence-electron chi connectivity index (χ2n) is 7.76. The summed E-state index contributed by atoms with van der Waals surface area (Å²) < 4.78 is 20.3. The van der Waals surface area contributed by atoms with Crippen molar-refractivity contribution in [2.75, 3.05) is 11.9 Å². The van der Waals surface area contributed by atoms with E-state index in [2.05, 4.69) is 27.3 Å². The number of carbonyl (C=O) groups is 3. The zero-order valence-electron chi connectivity index (χ0n) is 18.6. The number of rotatable bonds is 7. The fraction of sp³-hybridized carbons (Fsp3) is 0.115. The number of aryl methyl sites for hydroxylation is 1. The maximum Gasteiger partial charge on any atom is 0.294 e. The first-order valence-corrected chi connectivity index (χ1v) is 12.2. The third-order valence-corrected chi connectivity index (χ3v) is 6.58. The van der Waals surface area contributed by atoms with Gasteiger partial charge in [-0.2, -0.15) is 0 Å². The fourth-order valence-corrected chi connectivity index (χ4v) is 4.72. The van der Waals surface area contributed by atoms with Gasteiger partial charge in [0.05, 0.1) is 15.1 Å². The summed E-state index contributed by atoms with van der Waals surface area (Å²) in [6.07, 6.45) is 1.58. The van der Waals surface area contributed by atoms with Crippen molar-refractivity contribution in [2.45, 2.75) is 13.5 Å². The molecule has 0 aliphatic carbocycles. The SMILES string of the molecule is Cc1cccc(COc2ccc(/C=C3\SC(=O)N(CC(=O)Nc4ccccc4F)C3=O)cc2Br)c1. The van der Waals surface area contributed by atoms with Crippen molar-refractivity contribution in [3.8, 4) is 5.75 Å². The smallest absolute Gasteiger partial charge is 0.294 e. The molecule has 1 fully saturated rings. The number of nitrogens with one attached hydrogen (secondary N) is 1. The lowest BCUT2D eigenvalue weighted by Crippen LogP contribution is -2.36. The summed E-state index contributed by atoms with van der Waals surface area (Å²) in [6, 6.07) is 19.0. The number of halogens is 2. The molecule has 1 N–H and O–H groups in total. The molecule has 178 valence electrons. The molecule has 0 spiro atoms. The quantitative estimate of drug-likeness (QED) is 0.354. The van der Waals surface area contributed by atoms with Crippen LogP contribution < -0.4 is 10.1 Å². The maximum atomic E-state index is 13.7. The first-order valence-electron chi connectivity index (χ1n) is 10.6. The summed E-state index contributed by atoms with van der Waals surface area (Å²) >= 11 is 4.23. The number of ether oxygens (including phenoxy) is 1. The molecule has 0 saturated carbocycles. The van der Waals surface area contributed by atoms with Crippen molar-refractivity contribution in [2.24, 2.45) is 0 Å². The summed E-state index contributed by atoms with van der Waals surface area (Å²) in [5, 5.41) is 1.81. The minimum atomic E-state index is -0.670. The summed E-state index contributed by atoms with van der Waals surface area (Å²) in [4.78, 5) is 38.4. The van der Waals surface area contributed by atoms with Crippen molar-refractivity contribution in [3.05, 3.63) is 98.6 Å². The van der Waals surface area contributed by atoms with Gasteiger partial charge < -0.3 is 10.1 Å². The summed E-state index contributed by atoms with van der Waals surface area (Å²) in [5.74, 6) is -1.22. The number of nitrogens with zero attached hydrogens (tertiary/aromatic N) is 1. The topological polar surface area (TPSA) is 75.7 Å². The number of benzene rings is 3. The minimum absolute atomic E-state index is 0.0189. The highest BCUT2D eigenvalue weighted by Gasteiger charge is 2.36.